The molecule has 0 unspecified atom stereocenters. The number of aromatic nitrogens is 3. The SMILES string of the molecule is CN1C[C@@H](C(=O)N2CCC(Cc3n[nH]c(=O)n3-c3cccs3)CC2)CC1=O. The van der Waals surface area contributed by atoms with E-state index in [-0.39, 0.29) is 23.4 Å². The smallest absolute Gasteiger partial charge is 0.345 e. The third-order valence-corrected chi connectivity index (χ3v) is 6.41. The minimum Gasteiger partial charge on any atom is -0.345 e. The van der Waals surface area contributed by atoms with Crippen LogP contribution in [-0.2, 0) is 16.0 Å². The van der Waals surface area contributed by atoms with Crippen molar-refractivity contribution in [3.05, 3.63) is 33.8 Å². The minimum atomic E-state index is -0.213. The number of likely N-dealkylation sites (tertiary alicyclic amines) is 2. The number of nitrogens with zero attached hydrogens (tertiary/aromatic N) is 4. The number of nitrogens with one attached hydrogen (secondary N) is 1. The van der Waals surface area contributed by atoms with Gasteiger partial charge >= 0.3 is 5.69 Å². The Hall–Kier alpha value is -2.42. The minimum absolute atomic E-state index is 0.0494. The Labute approximate surface area is 160 Å². The zero-order chi connectivity index (χ0) is 19.0. The van der Waals surface area contributed by atoms with E-state index in [1.165, 1.54) is 11.3 Å². The van der Waals surface area contributed by atoms with Gasteiger partial charge in [-0.1, -0.05) is 0 Å². The molecule has 144 valence electrons. The first-order valence-corrected chi connectivity index (χ1v) is 10.1. The van der Waals surface area contributed by atoms with Crippen molar-refractivity contribution in [3.63, 3.8) is 0 Å². The second-order valence-electron chi connectivity index (χ2n) is 7.38. The highest BCUT2D eigenvalue weighted by molar-refractivity contribution is 7.12. The molecule has 0 spiro atoms. The summed E-state index contributed by atoms with van der Waals surface area (Å²) in [5.74, 6) is 1.08. The van der Waals surface area contributed by atoms with E-state index in [9.17, 15) is 14.4 Å². The number of carbonyl (C=O) groups is 2. The van der Waals surface area contributed by atoms with Crippen LogP contribution in [0.25, 0.3) is 5.00 Å². The molecule has 8 nitrogen and oxygen atoms in total. The maximum atomic E-state index is 12.7. The van der Waals surface area contributed by atoms with Crippen LogP contribution >= 0.6 is 11.3 Å². The van der Waals surface area contributed by atoms with Gasteiger partial charge in [0.05, 0.1) is 5.92 Å². The Morgan fingerprint density at radius 1 is 1.33 bits per heavy atom. The Balaban J connectivity index is 1.36. The lowest BCUT2D eigenvalue weighted by molar-refractivity contribution is -0.137. The Morgan fingerprint density at radius 2 is 2.11 bits per heavy atom. The molecule has 9 heteroatoms. The molecular formula is C18H23N5O3S. The lowest BCUT2D eigenvalue weighted by Crippen LogP contribution is -2.42. The fourth-order valence-electron chi connectivity index (χ4n) is 3.99. The summed E-state index contributed by atoms with van der Waals surface area (Å²) in [4.78, 5) is 39.9. The molecular weight excluding hydrogens is 366 g/mol. The summed E-state index contributed by atoms with van der Waals surface area (Å²) in [5, 5.41) is 9.56. The number of amides is 2. The number of piperidine rings is 1. The van der Waals surface area contributed by atoms with Crippen LogP contribution in [0.1, 0.15) is 25.1 Å². The molecule has 27 heavy (non-hydrogen) atoms. The highest BCUT2D eigenvalue weighted by atomic mass is 32.1. The van der Waals surface area contributed by atoms with E-state index in [4.69, 9.17) is 0 Å². The highest BCUT2D eigenvalue weighted by Gasteiger charge is 2.36. The van der Waals surface area contributed by atoms with Gasteiger partial charge in [-0.3, -0.25) is 9.59 Å². The van der Waals surface area contributed by atoms with Crippen molar-refractivity contribution in [2.45, 2.75) is 25.7 Å². The van der Waals surface area contributed by atoms with Crippen molar-refractivity contribution in [3.8, 4) is 5.00 Å². The molecule has 2 aromatic rings. The number of hydrogen-bond acceptors (Lipinski definition) is 5. The monoisotopic (exact) mass is 389 g/mol. The maximum Gasteiger partial charge on any atom is 0.348 e. The number of carbonyl (C=O) groups excluding carboxylic acids is 2. The van der Waals surface area contributed by atoms with Gasteiger partial charge < -0.3 is 9.80 Å². The molecule has 4 heterocycles. The van der Waals surface area contributed by atoms with Crippen molar-refractivity contribution in [2.24, 2.45) is 11.8 Å². The normalized spacial score (nSPS) is 21.2. The number of hydrogen-bond donors (Lipinski definition) is 1. The summed E-state index contributed by atoms with van der Waals surface area (Å²) >= 11 is 1.51. The van der Waals surface area contributed by atoms with E-state index in [0.717, 1.165) is 23.7 Å². The first-order chi connectivity index (χ1) is 13.0. The van der Waals surface area contributed by atoms with E-state index in [0.29, 0.717) is 38.4 Å². The van der Waals surface area contributed by atoms with Gasteiger partial charge in [0.15, 0.2) is 0 Å². The van der Waals surface area contributed by atoms with Crippen LogP contribution < -0.4 is 5.69 Å². The van der Waals surface area contributed by atoms with E-state index < -0.39 is 0 Å². The summed E-state index contributed by atoms with van der Waals surface area (Å²) in [5.41, 5.74) is -0.213. The van der Waals surface area contributed by atoms with Gasteiger partial charge in [0.2, 0.25) is 11.8 Å². The molecule has 0 radical (unpaired) electrons. The van der Waals surface area contributed by atoms with Gasteiger partial charge in [0.1, 0.15) is 10.8 Å². The molecule has 1 atom stereocenters. The largest absolute Gasteiger partial charge is 0.348 e. The van der Waals surface area contributed by atoms with Crippen LogP contribution in [0.3, 0.4) is 0 Å². The summed E-state index contributed by atoms with van der Waals surface area (Å²) < 4.78 is 1.64. The average molecular weight is 389 g/mol. The quantitative estimate of drug-likeness (QED) is 0.840. The molecule has 2 saturated heterocycles. The van der Waals surface area contributed by atoms with Crippen LogP contribution in [0.2, 0.25) is 0 Å². The van der Waals surface area contributed by atoms with Crippen LogP contribution in [0.5, 0.6) is 0 Å². The zero-order valence-electron chi connectivity index (χ0n) is 15.3. The fourth-order valence-corrected chi connectivity index (χ4v) is 4.74. The van der Waals surface area contributed by atoms with Crippen molar-refractivity contribution in [2.75, 3.05) is 26.7 Å². The van der Waals surface area contributed by atoms with Crippen molar-refractivity contribution < 1.29 is 9.59 Å². The second kappa shape index (κ2) is 7.30. The van der Waals surface area contributed by atoms with Gasteiger partial charge in [-0.15, -0.1) is 11.3 Å². The number of thiophene rings is 1. The molecule has 2 aliphatic heterocycles. The topological polar surface area (TPSA) is 91.3 Å². The van der Waals surface area contributed by atoms with Crippen LogP contribution in [0.15, 0.2) is 22.3 Å². The van der Waals surface area contributed by atoms with Crippen LogP contribution in [-0.4, -0.2) is 63.1 Å². The fraction of sp³-hybridized carbons (Fsp3) is 0.556. The van der Waals surface area contributed by atoms with Gasteiger partial charge in [-0.2, -0.15) is 5.10 Å². The summed E-state index contributed by atoms with van der Waals surface area (Å²) in [7, 11) is 1.75. The lowest BCUT2D eigenvalue weighted by Gasteiger charge is -2.33. The Morgan fingerprint density at radius 3 is 2.74 bits per heavy atom. The maximum absolute atomic E-state index is 12.7. The Bertz CT molecular complexity index is 879. The van der Waals surface area contributed by atoms with E-state index in [1.807, 2.05) is 22.4 Å². The van der Waals surface area contributed by atoms with Gasteiger partial charge in [-0.05, 0) is 36.3 Å². The van der Waals surface area contributed by atoms with E-state index >= 15 is 0 Å². The molecule has 1 N–H and O–H groups in total. The summed E-state index contributed by atoms with van der Waals surface area (Å²) in [6.45, 7) is 1.93. The summed E-state index contributed by atoms with van der Waals surface area (Å²) in [6, 6.07) is 3.82. The molecule has 4 rings (SSSR count). The Kier molecular flexibility index (Phi) is 4.86. The predicted molar refractivity (Wildman–Crippen MR) is 101 cm³/mol. The molecule has 2 fully saturated rings. The molecule has 0 aliphatic carbocycles. The third-order valence-electron chi connectivity index (χ3n) is 5.56. The van der Waals surface area contributed by atoms with Gasteiger partial charge in [-0.25, -0.2) is 14.5 Å². The first kappa shape index (κ1) is 18.0. The first-order valence-electron chi connectivity index (χ1n) is 9.26. The lowest BCUT2D eigenvalue weighted by atomic mass is 9.92. The molecule has 2 aliphatic rings. The van der Waals surface area contributed by atoms with E-state index in [1.54, 1.807) is 16.5 Å². The molecule has 2 aromatic heterocycles. The van der Waals surface area contributed by atoms with Crippen LogP contribution in [0, 0.1) is 11.8 Å². The molecule has 2 amide bonds. The second-order valence-corrected chi connectivity index (χ2v) is 8.31. The molecule has 0 aromatic carbocycles. The predicted octanol–water partition coefficient (Wildman–Crippen LogP) is 0.881. The average Bonchev–Trinajstić information content (AvgIpc) is 3.37. The van der Waals surface area contributed by atoms with Gasteiger partial charge in [0.25, 0.3) is 0 Å². The number of H-pyrrole nitrogens is 1. The molecule has 0 saturated carbocycles. The highest BCUT2D eigenvalue weighted by Crippen LogP contribution is 2.25. The van der Waals surface area contributed by atoms with Gasteiger partial charge in [0, 0.05) is 39.5 Å². The van der Waals surface area contributed by atoms with Crippen molar-refractivity contribution in [1.82, 2.24) is 24.6 Å². The zero-order valence-corrected chi connectivity index (χ0v) is 16.1. The van der Waals surface area contributed by atoms with Crippen molar-refractivity contribution >= 4 is 23.2 Å². The number of aromatic amines is 1. The van der Waals surface area contributed by atoms with Crippen molar-refractivity contribution in [1.29, 1.82) is 0 Å². The number of rotatable bonds is 4. The standard InChI is InChI=1S/C18H23N5O3S/c1-21-11-13(10-15(21)24)17(25)22-6-4-12(5-7-22)9-14-19-20-18(26)23(14)16-3-2-8-27-16/h2-3,8,12-13H,4-7,9-11H2,1H3,(H,20,26)/t13-/m0/s1. The van der Waals surface area contributed by atoms with Crippen LogP contribution in [0.4, 0.5) is 0 Å². The van der Waals surface area contributed by atoms with E-state index in [2.05, 4.69) is 10.2 Å². The summed E-state index contributed by atoms with van der Waals surface area (Å²) in [6.07, 6.45) is 2.81. The third kappa shape index (κ3) is 3.55. The molecule has 0 bridgehead atoms.